The molecule has 348 valence electrons. The fourth-order valence-corrected chi connectivity index (χ4v) is 8.63. The Labute approximate surface area is 365 Å². The predicted octanol–water partition coefficient (Wildman–Crippen LogP) is 18.3. The van der Waals surface area contributed by atoms with Gasteiger partial charge in [-0.15, -0.1) is 0 Å². The molecule has 0 aliphatic carbocycles. The summed E-state index contributed by atoms with van der Waals surface area (Å²) in [5.41, 5.74) is 0. The van der Waals surface area contributed by atoms with Crippen molar-refractivity contribution in [2.75, 3.05) is 19.8 Å². The first kappa shape index (κ1) is 57.4. The van der Waals surface area contributed by atoms with Crippen molar-refractivity contribution in [1.29, 1.82) is 0 Å². The highest BCUT2D eigenvalue weighted by molar-refractivity contribution is 5.69. The number of hydrogen-bond acceptors (Lipinski definition) is 4. The van der Waals surface area contributed by atoms with E-state index in [2.05, 4.69) is 13.8 Å². The van der Waals surface area contributed by atoms with Gasteiger partial charge in [-0.3, -0.25) is 4.79 Å². The van der Waals surface area contributed by atoms with Crippen molar-refractivity contribution in [3.63, 3.8) is 0 Å². The summed E-state index contributed by atoms with van der Waals surface area (Å²) in [7, 11) is 0. The molecule has 0 aromatic heterocycles. The summed E-state index contributed by atoms with van der Waals surface area (Å²) in [6.07, 6.45) is 63.6. The second kappa shape index (κ2) is 52.5. The molecule has 0 rings (SSSR count). The second-order valence-electron chi connectivity index (χ2n) is 18.7. The van der Waals surface area contributed by atoms with Gasteiger partial charge in [-0.05, 0) is 12.8 Å². The second-order valence-corrected chi connectivity index (χ2v) is 18.7. The minimum absolute atomic E-state index is 0.162. The molecule has 4 heteroatoms. The van der Waals surface area contributed by atoms with Gasteiger partial charge in [-0.2, -0.15) is 0 Å². The fourth-order valence-electron chi connectivity index (χ4n) is 8.63. The number of aliphatic hydroxyl groups excluding tert-OH is 1. The van der Waals surface area contributed by atoms with E-state index >= 15 is 0 Å². The molecule has 0 amide bonds. The summed E-state index contributed by atoms with van der Waals surface area (Å²) in [5.74, 6) is -0.189. The number of carbonyl (C=O) groups excluding carboxylic acids is 1. The van der Waals surface area contributed by atoms with E-state index in [4.69, 9.17) is 9.47 Å². The van der Waals surface area contributed by atoms with Crippen LogP contribution in [0.3, 0.4) is 0 Å². The summed E-state index contributed by atoms with van der Waals surface area (Å²) < 4.78 is 11.2. The van der Waals surface area contributed by atoms with Crippen LogP contribution in [-0.4, -0.2) is 37.0 Å². The van der Waals surface area contributed by atoms with Crippen molar-refractivity contribution in [2.45, 2.75) is 322 Å². The van der Waals surface area contributed by atoms with Crippen LogP contribution in [0.1, 0.15) is 316 Å². The number of rotatable bonds is 52. The lowest BCUT2D eigenvalue weighted by Crippen LogP contribution is -2.27. The van der Waals surface area contributed by atoms with E-state index in [-0.39, 0.29) is 12.6 Å². The number of unbranched alkanes of at least 4 members (excludes halogenated alkanes) is 44. The van der Waals surface area contributed by atoms with Crippen molar-refractivity contribution in [1.82, 2.24) is 0 Å². The van der Waals surface area contributed by atoms with Crippen molar-refractivity contribution in [3.8, 4) is 0 Å². The van der Waals surface area contributed by atoms with Gasteiger partial charge in [0.15, 0.2) is 0 Å². The molecule has 0 aromatic carbocycles. The maximum atomic E-state index is 12.3. The van der Waals surface area contributed by atoms with Gasteiger partial charge in [0.25, 0.3) is 0 Å². The van der Waals surface area contributed by atoms with Crippen molar-refractivity contribution in [2.24, 2.45) is 0 Å². The normalized spacial score (nSPS) is 12.1. The van der Waals surface area contributed by atoms with Gasteiger partial charge < -0.3 is 14.6 Å². The molecule has 1 unspecified atom stereocenters. The molecule has 0 radical (unpaired) electrons. The van der Waals surface area contributed by atoms with Crippen LogP contribution >= 0.6 is 0 Å². The largest absolute Gasteiger partial charge is 0.457 e. The van der Waals surface area contributed by atoms with Crippen LogP contribution < -0.4 is 0 Å². The molecular weight excluding hydrogens is 713 g/mol. The average molecular weight is 821 g/mol. The van der Waals surface area contributed by atoms with Gasteiger partial charge in [0, 0.05) is 13.0 Å². The van der Waals surface area contributed by atoms with Crippen LogP contribution in [0.15, 0.2) is 0 Å². The van der Waals surface area contributed by atoms with E-state index in [0.29, 0.717) is 19.6 Å². The Morgan fingerprint density at radius 2 is 0.569 bits per heavy atom. The van der Waals surface area contributed by atoms with Gasteiger partial charge in [-0.1, -0.05) is 296 Å². The zero-order valence-electron chi connectivity index (χ0n) is 40.1. The van der Waals surface area contributed by atoms with Crippen LogP contribution in [0.5, 0.6) is 0 Å². The Balaban J connectivity index is 3.31. The molecule has 0 saturated heterocycles. The first-order valence-electron chi connectivity index (χ1n) is 27.1. The highest BCUT2D eigenvalue weighted by atomic mass is 16.6. The lowest BCUT2D eigenvalue weighted by molar-refractivity contribution is -0.154. The smallest absolute Gasteiger partial charge is 0.306 e. The van der Waals surface area contributed by atoms with Crippen LogP contribution in [-0.2, 0) is 14.3 Å². The van der Waals surface area contributed by atoms with Gasteiger partial charge >= 0.3 is 5.97 Å². The predicted molar refractivity (Wildman–Crippen MR) is 256 cm³/mol. The van der Waals surface area contributed by atoms with E-state index in [1.165, 1.54) is 276 Å². The van der Waals surface area contributed by atoms with Gasteiger partial charge in [-0.25, -0.2) is 0 Å². The minimum Gasteiger partial charge on any atom is -0.457 e. The van der Waals surface area contributed by atoms with E-state index in [9.17, 15) is 9.90 Å². The third-order valence-electron chi connectivity index (χ3n) is 12.7. The molecule has 0 aliphatic rings. The quantitative estimate of drug-likeness (QED) is 0.0490. The van der Waals surface area contributed by atoms with Crippen LogP contribution in [0.4, 0.5) is 0 Å². The lowest BCUT2D eigenvalue weighted by Gasteiger charge is -2.16. The molecule has 58 heavy (non-hydrogen) atoms. The Morgan fingerprint density at radius 1 is 0.345 bits per heavy atom. The number of ether oxygens (including phenoxy) is 2. The first-order valence-corrected chi connectivity index (χ1v) is 27.1. The number of carbonyl (C=O) groups is 1. The molecule has 0 saturated carbocycles. The third-order valence-corrected chi connectivity index (χ3v) is 12.7. The Hall–Kier alpha value is -0.610. The molecule has 0 aliphatic heterocycles. The maximum Gasteiger partial charge on any atom is 0.306 e. The summed E-state index contributed by atoms with van der Waals surface area (Å²) in [6.45, 7) is 5.43. The molecule has 0 fully saturated rings. The van der Waals surface area contributed by atoms with Gasteiger partial charge in [0.2, 0.25) is 0 Å². The SMILES string of the molecule is CCCCCCCCCCCCCCCCCCCCCCCCCCOCC(CO)OC(=O)CCCCCCCCCCCCCCCCCCCCCCCC. The number of aliphatic hydroxyl groups is 1. The highest BCUT2D eigenvalue weighted by Gasteiger charge is 2.13. The third kappa shape index (κ3) is 49.8. The molecule has 4 nitrogen and oxygen atoms in total. The van der Waals surface area contributed by atoms with Crippen molar-refractivity contribution in [3.05, 3.63) is 0 Å². The molecule has 1 N–H and O–H groups in total. The maximum absolute atomic E-state index is 12.3. The zero-order valence-corrected chi connectivity index (χ0v) is 40.1. The fraction of sp³-hybridized carbons (Fsp3) is 0.981. The van der Waals surface area contributed by atoms with E-state index in [0.717, 1.165) is 19.3 Å². The number of hydrogen-bond donors (Lipinski definition) is 1. The Morgan fingerprint density at radius 3 is 0.810 bits per heavy atom. The van der Waals surface area contributed by atoms with Crippen LogP contribution in [0.25, 0.3) is 0 Å². The average Bonchev–Trinajstić information content (AvgIpc) is 3.23. The van der Waals surface area contributed by atoms with Crippen molar-refractivity contribution >= 4 is 5.97 Å². The standard InChI is InChI=1S/C54H108O4/c1-3-5-7-9-11-13-15-17-19-21-23-25-27-28-30-32-34-36-38-40-42-44-46-48-50-57-52-53(51-55)58-54(56)49-47-45-43-41-39-37-35-33-31-29-26-24-22-20-18-16-14-12-10-8-6-4-2/h53,55H,3-52H2,1-2H3. The van der Waals surface area contributed by atoms with E-state index < -0.39 is 6.10 Å². The highest BCUT2D eigenvalue weighted by Crippen LogP contribution is 2.18. The summed E-state index contributed by atoms with van der Waals surface area (Å²) in [6, 6.07) is 0. The van der Waals surface area contributed by atoms with E-state index in [1.807, 2.05) is 0 Å². The van der Waals surface area contributed by atoms with E-state index in [1.54, 1.807) is 0 Å². The summed E-state index contributed by atoms with van der Waals surface area (Å²) in [5, 5.41) is 9.66. The van der Waals surface area contributed by atoms with Gasteiger partial charge in [0.05, 0.1) is 13.2 Å². The Bertz CT molecular complexity index is 741. The van der Waals surface area contributed by atoms with Crippen molar-refractivity contribution < 1.29 is 19.4 Å². The van der Waals surface area contributed by atoms with Crippen LogP contribution in [0, 0.1) is 0 Å². The molecule has 1 atom stereocenters. The molecule has 0 aromatic rings. The molecule has 0 bridgehead atoms. The van der Waals surface area contributed by atoms with Gasteiger partial charge in [0.1, 0.15) is 6.10 Å². The van der Waals surface area contributed by atoms with Crippen LogP contribution in [0.2, 0.25) is 0 Å². The minimum atomic E-state index is -0.526. The lowest BCUT2D eigenvalue weighted by atomic mass is 10.0. The molecular formula is C54H108O4. The zero-order chi connectivity index (χ0) is 41.9. The topological polar surface area (TPSA) is 55.8 Å². The molecule has 0 heterocycles. The first-order chi connectivity index (χ1) is 28.7. The molecule has 0 spiro atoms. The summed E-state index contributed by atoms with van der Waals surface area (Å²) >= 11 is 0. The number of esters is 1. The monoisotopic (exact) mass is 821 g/mol. The Kier molecular flexibility index (Phi) is 52.0. The summed E-state index contributed by atoms with van der Waals surface area (Å²) in [4.78, 5) is 12.3.